The molecule has 1 aromatic heterocycles. The summed E-state index contributed by atoms with van der Waals surface area (Å²) in [6.07, 6.45) is 4.77. The van der Waals surface area contributed by atoms with Crippen LogP contribution in [-0.2, 0) is 17.8 Å². The Hall–Kier alpha value is -2.48. The predicted molar refractivity (Wildman–Crippen MR) is 101 cm³/mol. The van der Waals surface area contributed by atoms with Crippen molar-refractivity contribution in [2.24, 2.45) is 5.92 Å². The van der Waals surface area contributed by atoms with Crippen LogP contribution in [0.4, 0.5) is 0 Å². The molecular formula is C19H28N6O2. The molecule has 0 radical (unpaired) electrons. The number of aromatic nitrogens is 4. The molecule has 27 heavy (non-hydrogen) atoms. The second-order valence-corrected chi connectivity index (χ2v) is 7.15. The van der Waals surface area contributed by atoms with Gasteiger partial charge in [-0.1, -0.05) is 18.2 Å². The minimum absolute atomic E-state index is 0.0356. The van der Waals surface area contributed by atoms with E-state index < -0.39 is 0 Å². The van der Waals surface area contributed by atoms with E-state index in [0.29, 0.717) is 5.92 Å². The monoisotopic (exact) mass is 372 g/mol. The molecule has 1 amide bonds. The number of methoxy groups -OCH3 is 1. The van der Waals surface area contributed by atoms with Crippen molar-refractivity contribution in [3.05, 3.63) is 36.2 Å². The second kappa shape index (κ2) is 9.45. The van der Waals surface area contributed by atoms with E-state index in [-0.39, 0.29) is 12.5 Å². The average molecular weight is 372 g/mol. The minimum Gasteiger partial charge on any atom is -0.496 e. The molecular weight excluding hydrogens is 344 g/mol. The standard InChI is InChI=1S/C19H28N6O2/c1-23(19(26)14-25-15-20-21-22-25)12-16-6-5-10-24(13-16)11-9-17-7-3-4-8-18(17)27-2/h3-4,7-8,15-16H,5-6,9-14H2,1-2H3/t16-/m1/s1. The van der Waals surface area contributed by atoms with Gasteiger partial charge in [0.1, 0.15) is 18.6 Å². The number of rotatable bonds is 8. The van der Waals surface area contributed by atoms with Crippen LogP contribution in [0.25, 0.3) is 0 Å². The van der Waals surface area contributed by atoms with Gasteiger partial charge >= 0.3 is 0 Å². The number of piperidine rings is 1. The van der Waals surface area contributed by atoms with Gasteiger partial charge in [0.2, 0.25) is 5.91 Å². The fourth-order valence-electron chi connectivity index (χ4n) is 3.69. The summed E-state index contributed by atoms with van der Waals surface area (Å²) in [6, 6.07) is 8.20. The highest BCUT2D eigenvalue weighted by Crippen LogP contribution is 2.21. The molecule has 8 heteroatoms. The number of benzene rings is 1. The first kappa shape index (κ1) is 19.3. The Bertz CT molecular complexity index is 721. The van der Waals surface area contributed by atoms with Crippen LogP contribution in [0.3, 0.4) is 0 Å². The van der Waals surface area contributed by atoms with Gasteiger partial charge in [0.15, 0.2) is 0 Å². The molecule has 1 atom stereocenters. The Labute approximate surface area is 160 Å². The van der Waals surface area contributed by atoms with E-state index in [1.165, 1.54) is 23.0 Å². The topological polar surface area (TPSA) is 76.4 Å². The number of likely N-dealkylation sites (N-methyl/N-ethyl adjacent to an activating group) is 1. The van der Waals surface area contributed by atoms with Gasteiger partial charge in [0.05, 0.1) is 7.11 Å². The summed E-state index contributed by atoms with van der Waals surface area (Å²) < 4.78 is 6.91. The smallest absolute Gasteiger partial charge is 0.244 e. The molecule has 2 aromatic rings. The van der Waals surface area contributed by atoms with Gasteiger partial charge in [-0.15, -0.1) is 5.10 Å². The molecule has 3 rings (SSSR count). The lowest BCUT2D eigenvalue weighted by Gasteiger charge is -2.34. The Morgan fingerprint density at radius 3 is 3.00 bits per heavy atom. The van der Waals surface area contributed by atoms with Gasteiger partial charge in [-0.25, -0.2) is 4.68 Å². The molecule has 0 bridgehead atoms. The minimum atomic E-state index is 0.0356. The van der Waals surface area contributed by atoms with Gasteiger partial charge in [-0.05, 0) is 53.8 Å². The lowest BCUT2D eigenvalue weighted by Crippen LogP contribution is -2.43. The first-order chi connectivity index (χ1) is 13.2. The van der Waals surface area contributed by atoms with Crippen molar-refractivity contribution < 1.29 is 9.53 Å². The van der Waals surface area contributed by atoms with Crippen molar-refractivity contribution in [2.75, 3.05) is 40.3 Å². The lowest BCUT2D eigenvalue weighted by molar-refractivity contribution is -0.131. The van der Waals surface area contributed by atoms with Crippen LogP contribution in [0.1, 0.15) is 18.4 Å². The van der Waals surface area contributed by atoms with Crippen LogP contribution in [0.2, 0.25) is 0 Å². The Balaban J connectivity index is 1.46. The fourth-order valence-corrected chi connectivity index (χ4v) is 3.69. The van der Waals surface area contributed by atoms with Gasteiger partial charge in [-0.3, -0.25) is 4.79 Å². The molecule has 0 saturated carbocycles. The van der Waals surface area contributed by atoms with Crippen LogP contribution < -0.4 is 4.74 Å². The van der Waals surface area contributed by atoms with Crippen molar-refractivity contribution >= 4 is 5.91 Å². The van der Waals surface area contributed by atoms with Crippen LogP contribution in [0, 0.1) is 5.92 Å². The summed E-state index contributed by atoms with van der Waals surface area (Å²) in [7, 11) is 3.58. The molecule has 0 spiro atoms. The molecule has 1 aromatic carbocycles. The quantitative estimate of drug-likeness (QED) is 0.691. The summed E-state index contributed by atoms with van der Waals surface area (Å²) in [4.78, 5) is 16.6. The maximum atomic E-state index is 12.3. The fraction of sp³-hybridized carbons (Fsp3) is 0.579. The third-order valence-corrected chi connectivity index (χ3v) is 5.14. The van der Waals surface area contributed by atoms with Crippen molar-refractivity contribution in [2.45, 2.75) is 25.8 Å². The summed E-state index contributed by atoms with van der Waals surface area (Å²) in [6.45, 7) is 4.12. The SMILES string of the molecule is COc1ccccc1CCN1CCC[C@H](CN(C)C(=O)Cn2cnnn2)C1. The Morgan fingerprint density at radius 1 is 1.37 bits per heavy atom. The van der Waals surface area contributed by atoms with E-state index in [1.807, 2.05) is 19.2 Å². The number of hydrogen-bond donors (Lipinski definition) is 0. The summed E-state index contributed by atoms with van der Waals surface area (Å²) >= 11 is 0. The lowest BCUT2D eigenvalue weighted by atomic mass is 9.97. The van der Waals surface area contributed by atoms with Crippen molar-refractivity contribution in [1.29, 1.82) is 0 Å². The normalized spacial score (nSPS) is 17.6. The highest BCUT2D eigenvalue weighted by Gasteiger charge is 2.23. The number of para-hydroxylation sites is 1. The first-order valence-electron chi connectivity index (χ1n) is 9.44. The molecule has 1 aliphatic heterocycles. The van der Waals surface area contributed by atoms with Crippen LogP contribution >= 0.6 is 0 Å². The number of carbonyl (C=O) groups is 1. The van der Waals surface area contributed by atoms with E-state index in [2.05, 4.69) is 32.6 Å². The third-order valence-electron chi connectivity index (χ3n) is 5.14. The van der Waals surface area contributed by atoms with E-state index in [4.69, 9.17) is 4.74 Å². The van der Waals surface area contributed by atoms with Gasteiger partial charge in [0.25, 0.3) is 0 Å². The van der Waals surface area contributed by atoms with Gasteiger partial charge in [-0.2, -0.15) is 0 Å². The first-order valence-corrected chi connectivity index (χ1v) is 9.44. The van der Waals surface area contributed by atoms with E-state index in [9.17, 15) is 4.79 Å². The number of carbonyl (C=O) groups excluding carboxylic acids is 1. The zero-order valence-electron chi connectivity index (χ0n) is 16.1. The zero-order valence-corrected chi connectivity index (χ0v) is 16.1. The number of hydrogen-bond acceptors (Lipinski definition) is 6. The molecule has 0 N–H and O–H groups in total. The highest BCUT2D eigenvalue weighted by atomic mass is 16.5. The van der Waals surface area contributed by atoms with E-state index in [0.717, 1.165) is 44.8 Å². The number of nitrogens with zero attached hydrogens (tertiary/aromatic N) is 6. The van der Waals surface area contributed by atoms with Gasteiger partial charge in [0, 0.05) is 26.7 Å². The number of likely N-dealkylation sites (tertiary alicyclic amines) is 1. The highest BCUT2D eigenvalue weighted by molar-refractivity contribution is 5.75. The van der Waals surface area contributed by atoms with Crippen molar-refractivity contribution in [3.8, 4) is 5.75 Å². The third kappa shape index (κ3) is 5.50. The zero-order chi connectivity index (χ0) is 19.1. The molecule has 146 valence electrons. The maximum absolute atomic E-state index is 12.3. The average Bonchev–Trinajstić information content (AvgIpc) is 3.20. The maximum Gasteiger partial charge on any atom is 0.244 e. The summed E-state index contributed by atoms with van der Waals surface area (Å²) in [5.41, 5.74) is 1.25. The molecule has 0 aliphatic carbocycles. The number of ether oxygens (including phenoxy) is 1. The molecule has 0 unspecified atom stereocenters. The number of amides is 1. The summed E-state index contributed by atoms with van der Waals surface area (Å²) in [5.74, 6) is 1.49. The number of tetrazole rings is 1. The van der Waals surface area contributed by atoms with Crippen molar-refractivity contribution in [1.82, 2.24) is 30.0 Å². The second-order valence-electron chi connectivity index (χ2n) is 7.15. The largest absolute Gasteiger partial charge is 0.496 e. The van der Waals surface area contributed by atoms with Crippen molar-refractivity contribution in [3.63, 3.8) is 0 Å². The van der Waals surface area contributed by atoms with Crippen LogP contribution in [0.5, 0.6) is 5.75 Å². The summed E-state index contributed by atoms with van der Waals surface area (Å²) in [5, 5.41) is 10.9. The molecule has 1 fully saturated rings. The van der Waals surface area contributed by atoms with Gasteiger partial charge < -0.3 is 14.5 Å². The molecule has 8 nitrogen and oxygen atoms in total. The Morgan fingerprint density at radius 2 is 2.22 bits per heavy atom. The molecule has 1 aliphatic rings. The van der Waals surface area contributed by atoms with Crippen LogP contribution in [-0.4, -0.2) is 76.3 Å². The van der Waals surface area contributed by atoms with Crippen LogP contribution in [0.15, 0.2) is 30.6 Å². The van der Waals surface area contributed by atoms with E-state index >= 15 is 0 Å². The Kier molecular flexibility index (Phi) is 6.75. The molecule has 2 heterocycles. The predicted octanol–water partition coefficient (Wildman–Crippen LogP) is 1.09. The molecule has 1 saturated heterocycles. The van der Waals surface area contributed by atoms with E-state index in [1.54, 1.807) is 12.0 Å².